The van der Waals surface area contributed by atoms with Crippen molar-refractivity contribution in [3.05, 3.63) is 71.1 Å². The second kappa shape index (κ2) is 18.5. The number of hydrogen-bond donors (Lipinski definition) is 3. The summed E-state index contributed by atoms with van der Waals surface area (Å²) in [5.74, 6) is 0.307. The summed E-state index contributed by atoms with van der Waals surface area (Å²) in [5.41, 5.74) is 3.00. The predicted molar refractivity (Wildman–Crippen MR) is 243 cm³/mol. The van der Waals surface area contributed by atoms with Gasteiger partial charge >= 0.3 is 0 Å². The topological polar surface area (TPSA) is 150 Å². The summed E-state index contributed by atoms with van der Waals surface area (Å²) in [6.07, 6.45) is 7.67. The van der Waals surface area contributed by atoms with Crippen molar-refractivity contribution in [2.24, 2.45) is 17.3 Å². The number of imide groups is 1. The SMILES string of the molecule is CCCS(=O)(=O)Nc1cccc(-c2nc(C(C)(C)C)sc2-c2ccnc(NCC(C)(C)C3CCN(CC4CCN(c5ccc([C@H]6CCC(=O)NC6=O)cc5)CC4)CC3)n2)c1F. The maximum Gasteiger partial charge on any atom is 0.234 e. The molecule has 12 nitrogen and oxygen atoms in total. The third-order valence-corrected chi connectivity index (χ3v) is 15.6. The van der Waals surface area contributed by atoms with Crippen molar-refractivity contribution < 1.29 is 22.4 Å². The molecule has 5 heterocycles. The first-order valence-electron chi connectivity index (χ1n) is 21.8. The van der Waals surface area contributed by atoms with E-state index < -0.39 is 15.8 Å². The zero-order valence-electron chi connectivity index (χ0n) is 36.4. The van der Waals surface area contributed by atoms with Crippen LogP contribution in [0.4, 0.5) is 21.7 Å². The average molecular weight is 873 g/mol. The number of nitrogens with zero attached hydrogens (tertiary/aromatic N) is 5. The Morgan fingerprint density at radius 2 is 1.64 bits per heavy atom. The Kier molecular flexibility index (Phi) is 13.5. The minimum absolute atomic E-state index is 0.00567. The van der Waals surface area contributed by atoms with E-state index in [0.717, 1.165) is 69.0 Å². The van der Waals surface area contributed by atoms with E-state index in [1.165, 1.54) is 23.1 Å². The molecule has 0 aliphatic carbocycles. The molecule has 4 aromatic rings. The minimum atomic E-state index is -3.70. The van der Waals surface area contributed by atoms with Crippen molar-refractivity contribution >= 4 is 50.5 Å². The van der Waals surface area contributed by atoms with Crippen LogP contribution in [-0.2, 0) is 25.0 Å². The third-order valence-electron chi connectivity index (χ3n) is 12.6. The van der Waals surface area contributed by atoms with Crippen molar-refractivity contribution in [2.75, 3.05) is 60.0 Å². The molecule has 1 atom stereocenters. The maximum absolute atomic E-state index is 16.1. The van der Waals surface area contributed by atoms with Crippen LogP contribution in [0, 0.1) is 23.1 Å². The van der Waals surface area contributed by atoms with Crippen molar-refractivity contribution in [1.29, 1.82) is 0 Å². The highest BCUT2D eigenvalue weighted by molar-refractivity contribution is 7.92. The normalized spacial score (nSPS) is 18.9. The fourth-order valence-electron chi connectivity index (χ4n) is 8.86. The molecule has 0 radical (unpaired) electrons. The van der Waals surface area contributed by atoms with E-state index in [2.05, 4.69) is 76.9 Å². The number of likely N-dealkylation sites (tertiary alicyclic amines) is 1. The van der Waals surface area contributed by atoms with Gasteiger partial charge in [0.2, 0.25) is 27.8 Å². The van der Waals surface area contributed by atoms with Gasteiger partial charge in [0, 0.05) is 55.5 Å². The molecule has 0 saturated carbocycles. The van der Waals surface area contributed by atoms with Gasteiger partial charge in [0.15, 0.2) is 5.82 Å². The highest BCUT2D eigenvalue weighted by Gasteiger charge is 2.34. The summed E-state index contributed by atoms with van der Waals surface area (Å²) in [5, 5.41) is 6.81. The molecule has 0 spiro atoms. The third kappa shape index (κ3) is 10.8. The summed E-state index contributed by atoms with van der Waals surface area (Å²) in [4.78, 5) is 44.1. The first kappa shape index (κ1) is 44.6. The number of benzene rings is 2. The smallest absolute Gasteiger partial charge is 0.234 e. The molecule has 2 aromatic carbocycles. The zero-order valence-corrected chi connectivity index (χ0v) is 38.0. The molecule has 0 unspecified atom stereocenters. The number of sulfonamides is 1. The summed E-state index contributed by atoms with van der Waals surface area (Å²) in [7, 11) is -3.70. The quantitative estimate of drug-likeness (QED) is 0.105. The second-order valence-corrected chi connectivity index (χ2v) is 21.6. The molecule has 3 saturated heterocycles. The lowest BCUT2D eigenvalue weighted by molar-refractivity contribution is -0.134. The van der Waals surface area contributed by atoms with Gasteiger partial charge in [0.05, 0.1) is 38.6 Å². The van der Waals surface area contributed by atoms with Crippen LogP contribution in [0.2, 0.25) is 0 Å². The number of rotatable bonds is 14. The van der Waals surface area contributed by atoms with Gasteiger partial charge in [0.1, 0.15) is 0 Å². The van der Waals surface area contributed by atoms with Crippen LogP contribution in [0.3, 0.4) is 0 Å². The molecular weight excluding hydrogens is 812 g/mol. The molecule has 2 aromatic heterocycles. The van der Waals surface area contributed by atoms with Gasteiger partial charge < -0.3 is 15.1 Å². The lowest BCUT2D eigenvalue weighted by Crippen LogP contribution is -2.44. The fourth-order valence-corrected chi connectivity index (χ4v) is 11.1. The molecule has 7 rings (SSSR count). The van der Waals surface area contributed by atoms with Crippen molar-refractivity contribution in [3.8, 4) is 21.8 Å². The van der Waals surface area contributed by atoms with Crippen LogP contribution >= 0.6 is 11.3 Å². The van der Waals surface area contributed by atoms with Gasteiger partial charge in [-0.25, -0.2) is 27.8 Å². The number of amides is 2. The van der Waals surface area contributed by atoms with Crippen molar-refractivity contribution in [3.63, 3.8) is 0 Å². The molecule has 328 valence electrons. The second-order valence-electron chi connectivity index (χ2n) is 18.7. The van der Waals surface area contributed by atoms with E-state index in [1.54, 1.807) is 25.3 Å². The highest BCUT2D eigenvalue weighted by atomic mass is 32.2. The van der Waals surface area contributed by atoms with Crippen LogP contribution in [0.15, 0.2) is 54.7 Å². The number of anilines is 3. The molecule has 2 amide bonds. The molecule has 61 heavy (non-hydrogen) atoms. The highest BCUT2D eigenvalue weighted by Crippen LogP contribution is 2.42. The van der Waals surface area contributed by atoms with Gasteiger partial charge in [0.25, 0.3) is 0 Å². The number of nitrogens with one attached hydrogen (secondary N) is 3. The van der Waals surface area contributed by atoms with Gasteiger partial charge in [-0.15, -0.1) is 11.3 Å². The molecule has 3 fully saturated rings. The minimum Gasteiger partial charge on any atom is -0.372 e. The number of hydrogen-bond acceptors (Lipinski definition) is 11. The van der Waals surface area contributed by atoms with Crippen molar-refractivity contribution in [2.45, 2.75) is 97.8 Å². The number of aromatic nitrogens is 3. The van der Waals surface area contributed by atoms with Gasteiger partial charge in [-0.05, 0) is 105 Å². The average Bonchev–Trinajstić information content (AvgIpc) is 3.68. The first-order chi connectivity index (χ1) is 29.0. The summed E-state index contributed by atoms with van der Waals surface area (Å²) in [6, 6.07) is 14.9. The predicted octanol–water partition coefficient (Wildman–Crippen LogP) is 8.44. The number of carbonyl (C=O) groups is 2. The summed E-state index contributed by atoms with van der Waals surface area (Å²) in [6.45, 7) is 18.6. The molecular formula is C46H61FN8O4S2. The standard InChI is InChI=1S/C46H61FN8O4S2/c1-7-27-61(58,59)53-36-10-8-9-35(39(36)47)40-41(60-43(52-40)45(2,3)4)37-17-22-48-44(50-37)49-29-46(5,6)32-20-23-54(24-21-32)28-30-18-25-55(26-19-30)33-13-11-31(12-14-33)34-15-16-38(56)51-42(34)57/h8-14,17,22,30,32,34,53H,7,15-16,18-21,23-29H2,1-6H3,(H,48,49,50)(H,51,56,57)/t34-/m1/s1. The Morgan fingerprint density at radius 3 is 2.31 bits per heavy atom. The lowest BCUT2D eigenvalue weighted by atomic mass is 9.73. The zero-order chi connectivity index (χ0) is 43.5. The van der Waals surface area contributed by atoms with Crippen molar-refractivity contribution in [1.82, 2.24) is 25.2 Å². The van der Waals surface area contributed by atoms with Gasteiger partial charge in [-0.2, -0.15) is 0 Å². The summed E-state index contributed by atoms with van der Waals surface area (Å²) >= 11 is 1.46. The Bertz CT molecular complexity index is 2290. The lowest BCUT2D eigenvalue weighted by Gasteiger charge is -2.42. The van der Waals surface area contributed by atoms with E-state index in [0.29, 0.717) is 59.9 Å². The monoisotopic (exact) mass is 872 g/mol. The van der Waals surface area contributed by atoms with E-state index in [-0.39, 0.29) is 45.6 Å². The summed E-state index contributed by atoms with van der Waals surface area (Å²) < 4.78 is 43.6. The van der Waals surface area contributed by atoms with Gasteiger partial charge in [-0.1, -0.05) is 59.7 Å². The molecule has 3 N–H and O–H groups in total. The van der Waals surface area contributed by atoms with E-state index in [4.69, 9.17) is 9.97 Å². The van der Waals surface area contributed by atoms with Crippen LogP contribution in [-0.4, -0.2) is 85.1 Å². The number of piperidine rings is 3. The number of thiazole rings is 1. The van der Waals surface area contributed by atoms with Crippen LogP contribution in [0.1, 0.15) is 103 Å². The van der Waals surface area contributed by atoms with Gasteiger partial charge in [-0.3, -0.25) is 19.6 Å². The molecule has 0 bridgehead atoms. The first-order valence-corrected chi connectivity index (χ1v) is 24.3. The van der Waals surface area contributed by atoms with Crippen LogP contribution in [0.5, 0.6) is 0 Å². The fraction of sp³-hybridized carbons (Fsp3) is 0.543. The Hall–Kier alpha value is -4.47. The number of halogens is 1. The Morgan fingerprint density at radius 1 is 0.918 bits per heavy atom. The van der Waals surface area contributed by atoms with Crippen LogP contribution in [0.25, 0.3) is 21.8 Å². The molecule has 15 heteroatoms. The van der Waals surface area contributed by atoms with E-state index >= 15 is 4.39 Å². The van der Waals surface area contributed by atoms with E-state index in [9.17, 15) is 18.0 Å². The van der Waals surface area contributed by atoms with E-state index in [1.807, 2.05) is 18.2 Å². The molecule has 3 aliphatic rings. The maximum atomic E-state index is 16.1. The molecule has 3 aliphatic heterocycles. The van der Waals surface area contributed by atoms with Crippen LogP contribution < -0.4 is 20.3 Å². The Balaban J connectivity index is 0.928. The largest absolute Gasteiger partial charge is 0.372 e. The Labute approximate surface area is 364 Å². The number of carbonyl (C=O) groups excluding carboxylic acids is 2.